The molecular weight excluding hydrogens is 414 g/mol. The van der Waals surface area contributed by atoms with E-state index in [0.717, 1.165) is 27.0 Å². The summed E-state index contributed by atoms with van der Waals surface area (Å²) in [6.07, 6.45) is 0. The van der Waals surface area contributed by atoms with Gasteiger partial charge in [0.1, 0.15) is 6.61 Å². The third kappa shape index (κ3) is 4.71. The molecule has 3 rings (SSSR count). The largest absolute Gasteiger partial charge is 0.493 e. The minimum absolute atomic E-state index is 0.474. The van der Waals surface area contributed by atoms with Crippen LogP contribution in [0, 0.1) is 0 Å². The molecule has 0 amide bonds. The molecule has 0 fully saturated rings. The predicted molar refractivity (Wildman–Crippen MR) is 110 cm³/mol. The van der Waals surface area contributed by atoms with Gasteiger partial charge in [0.05, 0.1) is 7.11 Å². The standard InChI is InChI=1S/C21H19BrClNO2/c1-25-20-12-11-19(22)18(13-24-17-9-7-16(23)8-10-17)21(20)26-14-15-5-3-2-4-6-15/h2-12,24H,13-14H2,1H3. The van der Waals surface area contributed by atoms with Crippen molar-refractivity contribution in [2.75, 3.05) is 12.4 Å². The molecule has 26 heavy (non-hydrogen) atoms. The van der Waals surface area contributed by atoms with Gasteiger partial charge in [0.25, 0.3) is 0 Å². The van der Waals surface area contributed by atoms with Crippen LogP contribution < -0.4 is 14.8 Å². The van der Waals surface area contributed by atoms with E-state index in [2.05, 4.69) is 21.2 Å². The molecule has 134 valence electrons. The lowest BCUT2D eigenvalue weighted by Crippen LogP contribution is -2.06. The van der Waals surface area contributed by atoms with Crippen LogP contribution in [0.1, 0.15) is 11.1 Å². The predicted octanol–water partition coefficient (Wildman–Crippen LogP) is 6.30. The molecule has 0 aliphatic heterocycles. The van der Waals surface area contributed by atoms with E-state index in [-0.39, 0.29) is 0 Å². The monoisotopic (exact) mass is 431 g/mol. The van der Waals surface area contributed by atoms with Gasteiger partial charge >= 0.3 is 0 Å². The molecule has 0 saturated heterocycles. The average Bonchev–Trinajstić information content (AvgIpc) is 2.67. The molecule has 0 radical (unpaired) electrons. The van der Waals surface area contributed by atoms with Crippen molar-refractivity contribution in [3.05, 3.63) is 87.4 Å². The van der Waals surface area contributed by atoms with Crippen LogP contribution in [0.3, 0.4) is 0 Å². The Bertz CT molecular complexity index is 854. The molecule has 5 heteroatoms. The Kier molecular flexibility index (Phi) is 6.42. The number of hydrogen-bond donors (Lipinski definition) is 1. The third-order valence-electron chi connectivity index (χ3n) is 3.93. The summed E-state index contributed by atoms with van der Waals surface area (Å²) in [5.74, 6) is 1.43. The van der Waals surface area contributed by atoms with E-state index in [0.29, 0.717) is 23.9 Å². The highest BCUT2D eigenvalue weighted by Gasteiger charge is 2.15. The lowest BCUT2D eigenvalue weighted by Gasteiger charge is -2.17. The minimum atomic E-state index is 0.474. The molecule has 0 bridgehead atoms. The first-order chi connectivity index (χ1) is 12.7. The lowest BCUT2D eigenvalue weighted by atomic mass is 10.1. The second-order valence-electron chi connectivity index (χ2n) is 5.69. The number of rotatable bonds is 7. The molecule has 0 aliphatic carbocycles. The zero-order valence-electron chi connectivity index (χ0n) is 14.3. The Morgan fingerprint density at radius 1 is 0.962 bits per heavy atom. The van der Waals surface area contributed by atoms with Crippen LogP contribution in [0.25, 0.3) is 0 Å². The fourth-order valence-electron chi connectivity index (χ4n) is 2.55. The van der Waals surface area contributed by atoms with Gasteiger partial charge in [0, 0.05) is 27.3 Å². The van der Waals surface area contributed by atoms with Crippen molar-refractivity contribution in [2.45, 2.75) is 13.2 Å². The average molecular weight is 433 g/mol. The molecule has 3 nitrogen and oxygen atoms in total. The van der Waals surface area contributed by atoms with E-state index in [9.17, 15) is 0 Å². The Hall–Kier alpha value is -2.17. The van der Waals surface area contributed by atoms with Gasteiger partial charge in [-0.3, -0.25) is 0 Å². The zero-order valence-corrected chi connectivity index (χ0v) is 16.7. The van der Waals surface area contributed by atoms with Gasteiger partial charge in [-0.1, -0.05) is 57.9 Å². The van der Waals surface area contributed by atoms with E-state index < -0.39 is 0 Å². The summed E-state index contributed by atoms with van der Waals surface area (Å²) >= 11 is 9.57. The first-order valence-corrected chi connectivity index (χ1v) is 9.36. The molecular formula is C21H19BrClNO2. The van der Waals surface area contributed by atoms with Gasteiger partial charge in [-0.15, -0.1) is 0 Å². The van der Waals surface area contributed by atoms with Crippen LogP contribution >= 0.6 is 27.5 Å². The van der Waals surface area contributed by atoms with Crippen LogP contribution in [-0.2, 0) is 13.2 Å². The first kappa shape index (κ1) is 18.6. The van der Waals surface area contributed by atoms with Crippen molar-refractivity contribution in [1.29, 1.82) is 0 Å². The summed E-state index contributed by atoms with van der Waals surface area (Å²) in [7, 11) is 1.65. The maximum absolute atomic E-state index is 6.12. The van der Waals surface area contributed by atoms with Gasteiger partial charge < -0.3 is 14.8 Å². The molecule has 1 N–H and O–H groups in total. The molecule has 3 aromatic rings. The summed E-state index contributed by atoms with van der Waals surface area (Å²) in [4.78, 5) is 0. The van der Waals surface area contributed by atoms with Crippen LogP contribution in [0.2, 0.25) is 5.02 Å². The maximum atomic E-state index is 6.12. The van der Waals surface area contributed by atoms with Gasteiger partial charge in [-0.05, 0) is 42.0 Å². The van der Waals surface area contributed by atoms with E-state index in [4.69, 9.17) is 21.1 Å². The highest BCUT2D eigenvalue weighted by molar-refractivity contribution is 9.10. The summed E-state index contributed by atoms with van der Waals surface area (Å²) in [6.45, 7) is 1.06. The topological polar surface area (TPSA) is 30.5 Å². The second kappa shape index (κ2) is 8.97. The van der Waals surface area contributed by atoms with Crippen molar-refractivity contribution in [3.8, 4) is 11.5 Å². The van der Waals surface area contributed by atoms with Gasteiger partial charge in [0.2, 0.25) is 0 Å². The van der Waals surface area contributed by atoms with Crippen LogP contribution in [0.5, 0.6) is 11.5 Å². The molecule has 0 saturated carbocycles. The maximum Gasteiger partial charge on any atom is 0.167 e. The number of ether oxygens (including phenoxy) is 2. The van der Waals surface area contributed by atoms with E-state index in [1.165, 1.54) is 0 Å². The number of nitrogens with one attached hydrogen (secondary N) is 1. The van der Waals surface area contributed by atoms with Crippen molar-refractivity contribution < 1.29 is 9.47 Å². The van der Waals surface area contributed by atoms with E-state index in [1.54, 1.807) is 7.11 Å². The number of anilines is 1. The third-order valence-corrected chi connectivity index (χ3v) is 4.92. The number of benzene rings is 3. The summed E-state index contributed by atoms with van der Waals surface area (Å²) < 4.78 is 12.6. The molecule has 0 atom stereocenters. The summed E-state index contributed by atoms with van der Waals surface area (Å²) in [6, 6.07) is 21.5. The van der Waals surface area contributed by atoms with Crippen molar-refractivity contribution >= 4 is 33.2 Å². The Labute approximate surface area is 167 Å². The molecule has 0 aliphatic rings. The molecule has 0 spiro atoms. The fourth-order valence-corrected chi connectivity index (χ4v) is 3.13. The Balaban J connectivity index is 1.81. The molecule has 0 heterocycles. The van der Waals surface area contributed by atoms with Crippen molar-refractivity contribution in [3.63, 3.8) is 0 Å². The van der Waals surface area contributed by atoms with Gasteiger partial charge in [-0.25, -0.2) is 0 Å². The summed E-state index contributed by atoms with van der Waals surface area (Å²) in [5, 5.41) is 4.11. The number of halogens is 2. The second-order valence-corrected chi connectivity index (χ2v) is 6.98. The Morgan fingerprint density at radius 2 is 1.69 bits per heavy atom. The van der Waals surface area contributed by atoms with Crippen molar-refractivity contribution in [2.24, 2.45) is 0 Å². The fraction of sp³-hybridized carbons (Fsp3) is 0.143. The van der Waals surface area contributed by atoms with Crippen LogP contribution in [0.15, 0.2) is 71.2 Å². The van der Waals surface area contributed by atoms with Crippen LogP contribution in [-0.4, -0.2) is 7.11 Å². The number of hydrogen-bond acceptors (Lipinski definition) is 3. The summed E-state index contributed by atoms with van der Waals surface area (Å²) in [5.41, 5.74) is 3.08. The highest BCUT2D eigenvalue weighted by Crippen LogP contribution is 2.37. The molecule has 0 aromatic heterocycles. The lowest BCUT2D eigenvalue weighted by molar-refractivity contribution is 0.281. The first-order valence-electron chi connectivity index (χ1n) is 8.19. The smallest absolute Gasteiger partial charge is 0.167 e. The molecule has 3 aromatic carbocycles. The quantitative estimate of drug-likeness (QED) is 0.475. The van der Waals surface area contributed by atoms with Gasteiger partial charge in [0.15, 0.2) is 11.5 Å². The highest BCUT2D eigenvalue weighted by atomic mass is 79.9. The van der Waals surface area contributed by atoms with Crippen LogP contribution in [0.4, 0.5) is 5.69 Å². The Morgan fingerprint density at radius 3 is 2.38 bits per heavy atom. The molecule has 0 unspecified atom stereocenters. The van der Waals surface area contributed by atoms with E-state index in [1.807, 2.05) is 66.7 Å². The normalized spacial score (nSPS) is 10.4. The van der Waals surface area contributed by atoms with E-state index >= 15 is 0 Å². The number of methoxy groups -OCH3 is 1. The zero-order chi connectivity index (χ0) is 18.4. The van der Waals surface area contributed by atoms with Gasteiger partial charge in [-0.2, -0.15) is 0 Å². The minimum Gasteiger partial charge on any atom is -0.493 e. The SMILES string of the molecule is COc1ccc(Br)c(CNc2ccc(Cl)cc2)c1OCc1ccccc1. The van der Waals surface area contributed by atoms with Crippen molar-refractivity contribution in [1.82, 2.24) is 0 Å².